The number of hydrogen-bond donors (Lipinski definition) is 1. The number of ether oxygens (including phenoxy) is 5. The van der Waals surface area contributed by atoms with Gasteiger partial charge in [0.1, 0.15) is 30.5 Å². The van der Waals surface area contributed by atoms with Crippen LogP contribution in [0, 0.1) is 0 Å². The molecule has 57 heavy (non-hydrogen) atoms. The third-order valence-corrected chi connectivity index (χ3v) is 11.0. The molecule has 0 radical (unpaired) electrons. The number of aliphatic hydroxyl groups is 1. The first-order valence-corrected chi connectivity index (χ1v) is 20.3. The van der Waals surface area contributed by atoms with Gasteiger partial charge in [0.25, 0.3) is 0 Å². The Morgan fingerprint density at radius 3 is 1.51 bits per heavy atom. The Bertz CT molecular complexity index is 2090. The van der Waals surface area contributed by atoms with E-state index in [1.54, 1.807) is 0 Å². The van der Waals surface area contributed by atoms with Gasteiger partial charge in [0, 0.05) is 0 Å². The van der Waals surface area contributed by atoms with Crippen LogP contribution in [0.25, 0.3) is 0 Å². The van der Waals surface area contributed by atoms with Gasteiger partial charge < -0.3 is 28.8 Å². The lowest BCUT2D eigenvalue weighted by molar-refractivity contribution is -0.275. The van der Waals surface area contributed by atoms with Crippen LogP contribution in [-0.4, -0.2) is 36.1 Å². The molecule has 0 bridgehead atoms. The van der Waals surface area contributed by atoms with Crippen molar-refractivity contribution in [3.63, 3.8) is 0 Å². The highest BCUT2D eigenvalue weighted by molar-refractivity contribution is 5.38. The van der Waals surface area contributed by atoms with Crippen LogP contribution in [0.5, 0.6) is 0 Å². The molecule has 1 aliphatic heterocycles. The van der Waals surface area contributed by atoms with Crippen molar-refractivity contribution in [3.05, 3.63) is 214 Å². The van der Waals surface area contributed by atoms with Crippen molar-refractivity contribution in [1.82, 2.24) is 0 Å². The van der Waals surface area contributed by atoms with Gasteiger partial charge in [-0.1, -0.05) is 164 Å². The summed E-state index contributed by atoms with van der Waals surface area (Å²) in [6.07, 6.45) is 0.490. The van der Waals surface area contributed by atoms with Crippen LogP contribution in [0.1, 0.15) is 74.9 Å². The maximum absolute atomic E-state index is 10.8. The predicted octanol–water partition coefficient (Wildman–Crippen LogP) is 10.1. The van der Waals surface area contributed by atoms with E-state index in [0.717, 1.165) is 45.4 Å². The van der Waals surface area contributed by atoms with Gasteiger partial charge in [-0.15, -0.1) is 0 Å². The van der Waals surface area contributed by atoms with E-state index >= 15 is 0 Å². The van der Waals surface area contributed by atoms with E-state index in [-0.39, 0.29) is 13.2 Å². The normalized spacial score (nSPS) is 20.7. The maximum Gasteiger partial charge on any atom is 0.117 e. The highest BCUT2D eigenvalue weighted by Gasteiger charge is 2.49. The average Bonchev–Trinajstić information content (AvgIpc) is 4.12. The van der Waals surface area contributed by atoms with Crippen LogP contribution in [0.15, 0.2) is 164 Å². The number of benzene rings is 6. The van der Waals surface area contributed by atoms with Gasteiger partial charge in [-0.25, -0.2) is 0 Å². The molecule has 1 saturated carbocycles. The molecule has 2 fully saturated rings. The van der Waals surface area contributed by atoms with E-state index in [4.69, 9.17) is 23.7 Å². The first kappa shape index (κ1) is 38.9. The molecule has 292 valence electrons. The standard InChI is InChI=1S/C51H52O6/c52-31-45-26-23-42(29-37-21-24-43(25-22-37)44-27-28-44)30-46(45)48-50(55-34-40-17-9-3-10-18-40)51(56-35-41-19-11-4-12-20-41)49(54-33-39-15-7-2-8-16-39)47(57-48)36-53-32-38-13-5-1-6-14-38/h1-26,30,44,47-52H,27-29,31-36H2/t47-,48+,49-,50+,51+/m1/s1. The summed E-state index contributed by atoms with van der Waals surface area (Å²) >= 11 is 0. The van der Waals surface area contributed by atoms with Crippen molar-refractivity contribution in [3.8, 4) is 0 Å². The maximum atomic E-state index is 10.8. The van der Waals surface area contributed by atoms with Crippen molar-refractivity contribution in [2.24, 2.45) is 0 Å². The summed E-state index contributed by atoms with van der Waals surface area (Å²) < 4.78 is 34.5. The van der Waals surface area contributed by atoms with Crippen molar-refractivity contribution in [2.75, 3.05) is 6.61 Å². The first-order valence-electron chi connectivity index (χ1n) is 20.3. The molecule has 6 heteroatoms. The van der Waals surface area contributed by atoms with E-state index in [1.165, 1.54) is 24.0 Å². The van der Waals surface area contributed by atoms with Gasteiger partial charge >= 0.3 is 0 Å². The average molecular weight is 761 g/mol. The third-order valence-electron chi connectivity index (χ3n) is 11.0. The third kappa shape index (κ3) is 10.5. The molecular weight excluding hydrogens is 709 g/mol. The van der Waals surface area contributed by atoms with Crippen LogP contribution >= 0.6 is 0 Å². The quantitative estimate of drug-likeness (QED) is 0.0941. The second-order valence-corrected chi connectivity index (χ2v) is 15.3. The minimum Gasteiger partial charge on any atom is -0.392 e. The highest BCUT2D eigenvalue weighted by atomic mass is 16.6. The van der Waals surface area contributed by atoms with Crippen molar-refractivity contribution in [2.45, 2.75) is 88.7 Å². The summed E-state index contributed by atoms with van der Waals surface area (Å²) in [5.41, 5.74) is 9.68. The molecule has 1 aliphatic carbocycles. The summed E-state index contributed by atoms with van der Waals surface area (Å²) in [5, 5.41) is 10.8. The van der Waals surface area contributed by atoms with Crippen LogP contribution in [0.2, 0.25) is 0 Å². The molecule has 6 aromatic rings. The van der Waals surface area contributed by atoms with E-state index in [9.17, 15) is 5.11 Å². The minimum atomic E-state index is -0.601. The fourth-order valence-corrected chi connectivity index (χ4v) is 7.76. The van der Waals surface area contributed by atoms with Crippen LogP contribution in [0.3, 0.4) is 0 Å². The van der Waals surface area contributed by atoms with Gasteiger partial charge in [0.15, 0.2) is 0 Å². The van der Waals surface area contributed by atoms with Gasteiger partial charge in [-0.05, 0) is 75.3 Å². The first-order chi connectivity index (χ1) is 28.2. The van der Waals surface area contributed by atoms with Crippen molar-refractivity contribution >= 4 is 0 Å². The molecule has 0 amide bonds. The van der Waals surface area contributed by atoms with Crippen molar-refractivity contribution in [1.29, 1.82) is 0 Å². The fraction of sp³-hybridized carbons (Fsp3) is 0.294. The Kier molecular flexibility index (Phi) is 13.3. The molecule has 0 spiro atoms. The lowest BCUT2D eigenvalue weighted by Gasteiger charge is -2.47. The van der Waals surface area contributed by atoms with Gasteiger partial charge in [-0.2, -0.15) is 0 Å². The topological polar surface area (TPSA) is 66.4 Å². The second-order valence-electron chi connectivity index (χ2n) is 15.3. The Morgan fingerprint density at radius 1 is 0.491 bits per heavy atom. The molecule has 1 saturated heterocycles. The van der Waals surface area contributed by atoms with Crippen LogP contribution < -0.4 is 0 Å². The summed E-state index contributed by atoms with van der Waals surface area (Å²) in [7, 11) is 0. The Morgan fingerprint density at radius 2 is 0.982 bits per heavy atom. The van der Waals surface area contributed by atoms with Gasteiger partial charge in [0.2, 0.25) is 0 Å². The van der Waals surface area contributed by atoms with Gasteiger partial charge in [0.05, 0.1) is 39.6 Å². The molecule has 6 nitrogen and oxygen atoms in total. The molecule has 0 aromatic heterocycles. The molecule has 1 heterocycles. The highest BCUT2D eigenvalue weighted by Crippen LogP contribution is 2.41. The Balaban J connectivity index is 1.16. The SMILES string of the molecule is OCc1ccc(Cc2ccc(C3CC3)cc2)cc1[C@@H]1O[C@H](COCc2ccccc2)[C@@H](OCc2ccccc2)[C@H](OCc2ccccc2)[C@H]1OCc1ccccc1. The van der Waals surface area contributed by atoms with Crippen molar-refractivity contribution < 1.29 is 28.8 Å². The summed E-state index contributed by atoms with van der Waals surface area (Å²) in [5.74, 6) is 0.716. The minimum absolute atomic E-state index is 0.143. The second kappa shape index (κ2) is 19.5. The predicted molar refractivity (Wildman–Crippen MR) is 222 cm³/mol. The molecule has 6 aromatic carbocycles. The smallest absolute Gasteiger partial charge is 0.117 e. The largest absolute Gasteiger partial charge is 0.392 e. The molecular formula is C51H52O6. The molecule has 1 N–H and O–H groups in total. The summed E-state index contributed by atoms with van der Waals surface area (Å²) in [6, 6.07) is 56.1. The molecule has 2 aliphatic rings. The zero-order chi connectivity index (χ0) is 38.7. The van der Waals surface area contributed by atoms with E-state index in [1.807, 2.05) is 78.9 Å². The Labute approximate surface area is 337 Å². The van der Waals surface area contributed by atoms with Gasteiger partial charge in [-0.3, -0.25) is 0 Å². The zero-order valence-corrected chi connectivity index (χ0v) is 32.4. The summed E-state index contributed by atoms with van der Waals surface area (Å²) in [6.45, 7) is 1.62. The van der Waals surface area contributed by atoms with Crippen LogP contribution in [0.4, 0.5) is 0 Å². The fourth-order valence-electron chi connectivity index (χ4n) is 7.76. The van der Waals surface area contributed by atoms with E-state index < -0.39 is 30.5 Å². The summed E-state index contributed by atoms with van der Waals surface area (Å²) in [4.78, 5) is 0. The van der Waals surface area contributed by atoms with E-state index in [0.29, 0.717) is 32.3 Å². The Hall–Kier alpha value is -4.92. The molecule has 5 atom stereocenters. The number of hydrogen-bond acceptors (Lipinski definition) is 6. The number of rotatable bonds is 18. The molecule has 0 unspecified atom stereocenters. The number of aliphatic hydroxyl groups excluding tert-OH is 1. The zero-order valence-electron chi connectivity index (χ0n) is 32.4. The molecule has 8 rings (SSSR count). The van der Waals surface area contributed by atoms with Crippen LogP contribution in [-0.2, 0) is 63.1 Å². The lowest BCUT2D eigenvalue weighted by Crippen LogP contribution is -2.58. The monoisotopic (exact) mass is 760 g/mol. The van der Waals surface area contributed by atoms with E-state index in [2.05, 4.69) is 84.9 Å². The lowest BCUT2D eigenvalue weighted by atomic mass is 9.87.